The van der Waals surface area contributed by atoms with Gasteiger partial charge in [0.15, 0.2) is 6.10 Å². The van der Waals surface area contributed by atoms with Crippen LogP contribution in [0.5, 0.6) is 5.75 Å². The second-order valence-corrected chi connectivity index (χ2v) is 4.69. The van der Waals surface area contributed by atoms with E-state index in [-0.39, 0.29) is 18.9 Å². The van der Waals surface area contributed by atoms with Crippen LogP contribution in [0.15, 0.2) is 18.2 Å². The van der Waals surface area contributed by atoms with Gasteiger partial charge in [0.2, 0.25) is 0 Å². The summed E-state index contributed by atoms with van der Waals surface area (Å²) in [5.41, 5.74) is 0.994. The van der Waals surface area contributed by atoms with Gasteiger partial charge in [0.25, 0.3) is 5.91 Å². The van der Waals surface area contributed by atoms with Crippen molar-refractivity contribution in [1.29, 1.82) is 0 Å². The van der Waals surface area contributed by atoms with Gasteiger partial charge in [-0.15, -0.1) is 0 Å². The molecule has 0 aliphatic carbocycles. The number of anilines is 1. The summed E-state index contributed by atoms with van der Waals surface area (Å²) < 4.78 is 5.48. The van der Waals surface area contributed by atoms with Crippen molar-refractivity contribution in [3.8, 4) is 5.75 Å². The van der Waals surface area contributed by atoms with Crippen LogP contribution in [0.25, 0.3) is 0 Å². The van der Waals surface area contributed by atoms with Crippen LogP contribution in [0, 0.1) is 0 Å². The van der Waals surface area contributed by atoms with Crippen molar-refractivity contribution in [2.24, 2.45) is 0 Å². The molecule has 6 heteroatoms. The average molecular weight is 279 g/mol. The maximum atomic E-state index is 12.3. The van der Waals surface area contributed by atoms with Gasteiger partial charge in [-0.1, -0.05) is 13.0 Å². The highest BCUT2D eigenvalue weighted by Crippen LogP contribution is 2.36. The first kappa shape index (κ1) is 14.3. The molecule has 2 atom stereocenters. The van der Waals surface area contributed by atoms with E-state index in [1.165, 1.54) is 4.90 Å². The summed E-state index contributed by atoms with van der Waals surface area (Å²) in [6.45, 7) is 3.11. The summed E-state index contributed by atoms with van der Waals surface area (Å²) in [5, 5.41) is 18.5. The number of aliphatic hydroxyl groups excluding tert-OH is 1. The SMILES string of the molecule is CCC(C(=O)O)N1C(=O)C(C)Oc2ccc(CO)cc21. The third-order valence-corrected chi connectivity index (χ3v) is 3.34. The molecule has 108 valence electrons. The quantitative estimate of drug-likeness (QED) is 0.863. The van der Waals surface area contributed by atoms with Crippen LogP contribution in [0.4, 0.5) is 5.69 Å². The Morgan fingerprint density at radius 2 is 2.20 bits per heavy atom. The number of carboxylic acids is 1. The molecule has 20 heavy (non-hydrogen) atoms. The molecule has 1 aromatic carbocycles. The van der Waals surface area contributed by atoms with E-state index in [1.807, 2.05) is 0 Å². The van der Waals surface area contributed by atoms with Gasteiger partial charge in [0.05, 0.1) is 12.3 Å². The van der Waals surface area contributed by atoms with Crippen LogP contribution < -0.4 is 9.64 Å². The van der Waals surface area contributed by atoms with E-state index in [9.17, 15) is 19.8 Å². The van der Waals surface area contributed by atoms with E-state index in [0.29, 0.717) is 17.0 Å². The number of benzene rings is 1. The third kappa shape index (κ3) is 2.34. The minimum absolute atomic E-state index is 0.186. The number of rotatable bonds is 4. The normalized spacial score (nSPS) is 19.2. The standard InChI is InChI=1S/C14H17NO5/c1-3-10(14(18)19)15-11-6-9(7-16)4-5-12(11)20-8(2)13(15)17/h4-6,8,10,16H,3,7H2,1-2H3,(H,18,19). The van der Waals surface area contributed by atoms with E-state index < -0.39 is 18.1 Å². The molecular weight excluding hydrogens is 262 g/mol. The van der Waals surface area contributed by atoms with Gasteiger partial charge in [-0.2, -0.15) is 0 Å². The Hall–Kier alpha value is -2.08. The van der Waals surface area contributed by atoms with Crippen LogP contribution in [0.2, 0.25) is 0 Å². The summed E-state index contributed by atoms with van der Waals surface area (Å²) in [6, 6.07) is 3.97. The van der Waals surface area contributed by atoms with Crippen molar-refractivity contribution in [3.63, 3.8) is 0 Å². The first-order chi connectivity index (χ1) is 9.49. The van der Waals surface area contributed by atoms with Crippen molar-refractivity contribution >= 4 is 17.6 Å². The van der Waals surface area contributed by atoms with Gasteiger partial charge >= 0.3 is 5.97 Å². The number of aliphatic hydroxyl groups is 1. The van der Waals surface area contributed by atoms with Crippen LogP contribution in [-0.4, -0.2) is 34.2 Å². The predicted molar refractivity (Wildman–Crippen MR) is 71.7 cm³/mol. The monoisotopic (exact) mass is 279 g/mol. The summed E-state index contributed by atoms with van der Waals surface area (Å²) in [6.07, 6.45) is -0.438. The van der Waals surface area contributed by atoms with Crippen LogP contribution in [-0.2, 0) is 16.2 Å². The fraction of sp³-hybridized carbons (Fsp3) is 0.429. The number of fused-ring (bicyclic) bond motifs is 1. The highest BCUT2D eigenvalue weighted by atomic mass is 16.5. The molecule has 0 spiro atoms. The lowest BCUT2D eigenvalue weighted by Crippen LogP contribution is -2.52. The maximum Gasteiger partial charge on any atom is 0.326 e. The van der Waals surface area contributed by atoms with Gasteiger partial charge in [-0.25, -0.2) is 4.79 Å². The summed E-state index contributed by atoms with van der Waals surface area (Å²) >= 11 is 0. The molecule has 6 nitrogen and oxygen atoms in total. The molecule has 1 heterocycles. The van der Waals surface area contributed by atoms with E-state index in [2.05, 4.69) is 0 Å². The number of carboxylic acid groups (broad SMARTS) is 1. The largest absolute Gasteiger partial charge is 0.480 e. The fourth-order valence-electron chi connectivity index (χ4n) is 2.29. The molecule has 1 amide bonds. The van der Waals surface area contributed by atoms with Gasteiger partial charge in [-0.3, -0.25) is 9.69 Å². The molecular formula is C14H17NO5. The first-order valence-corrected chi connectivity index (χ1v) is 6.45. The fourth-order valence-corrected chi connectivity index (χ4v) is 2.29. The molecule has 0 fully saturated rings. The van der Waals surface area contributed by atoms with E-state index in [1.54, 1.807) is 32.0 Å². The number of ether oxygens (including phenoxy) is 1. The predicted octanol–water partition coefficient (Wildman–Crippen LogP) is 1.16. The minimum atomic E-state index is -1.06. The van der Waals surface area contributed by atoms with Crippen molar-refractivity contribution in [3.05, 3.63) is 23.8 Å². The smallest absolute Gasteiger partial charge is 0.326 e. The Morgan fingerprint density at radius 3 is 2.75 bits per heavy atom. The second kappa shape index (κ2) is 5.50. The van der Waals surface area contributed by atoms with Crippen LogP contribution in [0.3, 0.4) is 0 Å². The molecule has 2 rings (SSSR count). The molecule has 0 saturated heterocycles. The van der Waals surface area contributed by atoms with Crippen molar-refractivity contribution in [2.75, 3.05) is 4.90 Å². The molecule has 0 saturated carbocycles. The maximum absolute atomic E-state index is 12.3. The number of carbonyl (C=O) groups excluding carboxylic acids is 1. The summed E-state index contributed by atoms with van der Waals surface area (Å²) in [7, 11) is 0. The van der Waals surface area contributed by atoms with Gasteiger partial charge in [0.1, 0.15) is 11.8 Å². The zero-order valence-corrected chi connectivity index (χ0v) is 11.4. The number of hydrogen-bond donors (Lipinski definition) is 2. The van der Waals surface area contributed by atoms with Crippen molar-refractivity contribution in [2.45, 2.75) is 39.0 Å². The second-order valence-electron chi connectivity index (χ2n) is 4.69. The lowest BCUT2D eigenvalue weighted by Gasteiger charge is -2.36. The number of nitrogens with zero attached hydrogens (tertiary/aromatic N) is 1. The third-order valence-electron chi connectivity index (χ3n) is 3.34. The molecule has 0 bridgehead atoms. The summed E-state index contributed by atoms with van der Waals surface area (Å²) in [5.74, 6) is -0.994. The molecule has 0 radical (unpaired) electrons. The van der Waals surface area contributed by atoms with Crippen LogP contribution in [0.1, 0.15) is 25.8 Å². The zero-order chi connectivity index (χ0) is 14.9. The van der Waals surface area contributed by atoms with E-state index in [0.717, 1.165) is 0 Å². The Morgan fingerprint density at radius 1 is 1.50 bits per heavy atom. The highest BCUT2D eigenvalue weighted by Gasteiger charge is 2.38. The Labute approximate surface area is 116 Å². The first-order valence-electron chi connectivity index (χ1n) is 6.45. The lowest BCUT2D eigenvalue weighted by molar-refractivity contribution is -0.141. The van der Waals surface area contributed by atoms with E-state index in [4.69, 9.17) is 4.74 Å². The highest BCUT2D eigenvalue weighted by molar-refractivity contribution is 6.04. The van der Waals surface area contributed by atoms with Gasteiger partial charge in [0, 0.05) is 0 Å². The van der Waals surface area contributed by atoms with Gasteiger partial charge < -0.3 is 14.9 Å². The van der Waals surface area contributed by atoms with Gasteiger partial charge in [-0.05, 0) is 31.0 Å². The zero-order valence-electron chi connectivity index (χ0n) is 11.4. The molecule has 1 aliphatic heterocycles. The average Bonchev–Trinajstić information content (AvgIpc) is 2.43. The van der Waals surface area contributed by atoms with Crippen molar-refractivity contribution in [1.82, 2.24) is 0 Å². The molecule has 2 unspecified atom stereocenters. The topological polar surface area (TPSA) is 87.1 Å². The number of hydrogen-bond acceptors (Lipinski definition) is 4. The number of aliphatic carboxylic acids is 1. The van der Waals surface area contributed by atoms with E-state index >= 15 is 0 Å². The Kier molecular flexibility index (Phi) is 3.94. The molecule has 1 aromatic rings. The molecule has 0 aromatic heterocycles. The molecule has 1 aliphatic rings. The Balaban J connectivity index is 2.54. The van der Waals surface area contributed by atoms with Crippen molar-refractivity contribution < 1.29 is 24.5 Å². The Bertz CT molecular complexity index is 542. The number of carbonyl (C=O) groups is 2. The summed E-state index contributed by atoms with van der Waals surface area (Å²) in [4.78, 5) is 24.9. The van der Waals surface area contributed by atoms with Crippen LogP contribution >= 0.6 is 0 Å². The molecule has 2 N–H and O–H groups in total. The minimum Gasteiger partial charge on any atom is -0.480 e. The number of amides is 1. The lowest BCUT2D eigenvalue weighted by atomic mass is 10.1.